The van der Waals surface area contributed by atoms with Gasteiger partial charge < -0.3 is 10.5 Å². The molecule has 0 unspecified atom stereocenters. The number of pyridine rings is 1. The molecule has 2 aromatic rings. The molecule has 3 nitrogen and oxygen atoms in total. The van der Waals surface area contributed by atoms with Gasteiger partial charge in [-0.2, -0.15) is 0 Å². The predicted molar refractivity (Wildman–Crippen MR) is 68.0 cm³/mol. The Hall–Kier alpha value is -2.03. The highest BCUT2D eigenvalue weighted by atomic mass is 16.5. The number of nitrogens with zero attached hydrogens (tertiary/aromatic N) is 1. The van der Waals surface area contributed by atoms with Gasteiger partial charge in [-0.3, -0.25) is 0 Å². The van der Waals surface area contributed by atoms with Crippen LogP contribution in [0.1, 0.15) is 11.1 Å². The highest BCUT2D eigenvalue weighted by Gasteiger charge is 2.18. The van der Waals surface area contributed by atoms with E-state index in [1.165, 1.54) is 5.56 Å². The fourth-order valence-corrected chi connectivity index (χ4v) is 2.22. The zero-order valence-electron chi connectivity index (χ0n) is 9.73. The van der Waals surface area contributed by atoms with Crippen molar-refractivity contribution in [3.63, 3.8) is 0 Å². The summed E-state index contributed by atoms with van der Waals surface area (Å²) >= 11 is 0. The van der Waals surface area contributed by atoms with Crippen LogP contribution >= 0.6 is 0 Å². The average molecular weight is 226 g/mol. The molecule has 2 N–H and O–H groups in total. The minimum atomic E-state index is 0.555. The summed E-state index contributed by atoms with van der Waals surface area (Å²) in [6.07, 6.45) is 2.76. The monoisotopic (exact) mass is 226 g/mol. The van der Waals surface area contributed by atoms with E-state index in [1.807, 2.05) is 19.1 Å². The first-order valence-electron chi connectivity index (χ1n) is 5.73. The Morgan fingerprint density at radius 2 is 2.18 bits per heavy atom. The van der Waals surface area contributed by atoms with E-state index in [9.17, 15) is 0 Å². The second-order valence-corrected chi connectivity index (χ2v) is 4.34. The second kappa shape index (κ2) is 3.77. The van der Waals surface area contributed by atoms with Gasteiger partial charge in [0.05, 0.1) is 6.61 Å². The van der Waals surface area contributed by atoms with Crippen LogP contribution < -0.4 is 10.5 Å². The first-order chi connectivity index (χ1) is 8.25. The molecule has 0 atom stereocenters. The number of hydrogen-bond donors (Lipinski definition) is 1. The highest BCUT2D eigenvalue weighted by molar-refractivity contribution is 5.80. The van der Waals surface area contributed by atoms with Gasteiger partial charge in [-0.15, -0.1) is 0 Å². The van der Waals surface area contributed by atoms with Crippen molar-refractivity contribution in [3.05, 3.63) is 41.6 Å². The van der Waals surface area contributed by atoms with Gasteiger partial charge in [-0.1, -0.05) is 18.2 Å². The number of nitrogens with two attached hydrogens (primary N) is 1. The molecule has 3 rings (SSSR count). The molecule has 0 saturated carbocycles. The van der Waals surface area contributed by atoms with Crippen LogP contribution in [0.15, 0.2) is 30.5 Å². The van der Waals surface area contributed by atoms with Crippen LogP contribution in [0.25, 0.3) is 11.1 Å². The highest BCUT2D eigenvalue weighted by Crippen LogP contribution is 2.38. The number of rotatable bonds is 1. The van der Waals surface area contributed by atoms with E-state index in [0.717, 1.165) is 35.5 Å². The van der Waals surface area contributed by atoms with Crippen LogP contribution in [0, 0.1) is 6.92 Å². The van der Waals surface area contributed by atoms with Crippen LogP contribution in [-0.4, -0.2) is 11.6 Å². The summed E-state index contributed by atoms with van der Waals surface area (Å²) in [7, 11) is 0. The Kier molecular flexibility index (Phi) is 2.25. The molecule has 0 bridgehead atoms. The maximum absolute atomic E-state index is 5.95. The molecule has 1 aliphatic heterocycles. The maximum Gasteiger partial charge on any atom is 0.131 e. The molecule has 0 fully saturated rings. The van der Waals surface area contributed by atoms with Crippen molar-refractivity contribution in [3.8, 4) is 16.9 Å². The van der Waals surface area contributed by atoms with E-state index in [-0.39, 0.29) is 0 Å². The molecule has 1 aromatic heterocycles. The molecule has 3 heteroatoms. The third-order valence-corrected chi connectivity index (χ3v) is 3.06. The van der Waals surface area contributed by atoms with Gasteiger partial charge in [0.15, 0.2) is 0 Å². The lowest BCUT2D eigenvalue weighted by atomic mass is 10.0. The lowest BCUT2D eigenvalue weighted by molar-refractivity contribution is 0.358. The fraction of sp³-hybridized carbons (Fsp3) is 0.214. The largest absolute Gasteiger partial charge is 0.492 e. The molecule has 17 heavy (non-hydrogen) atoms. The molecular formula is C14H14N2O. The van der Waals surface area contributed by atoms with Crippen LogP contribution in [0.5, 0.6) is 5.75 Å². The quantitative estimate of drug-likeness (QED) is 0.813. The summed E-state index contributed by atoms with van der Waals surface area (Å²) in [4.78, 5) is 4.20. The van der Waals surface area contributed by atoms with E-state index >= 15 is 0 Å². The van der Waals surface area contributed by atoms with Gasteiger partial charge in [0, 0.05) is 23.7 Å². The van der Waals surface area contributed by atoms with Crippen molar-refractivity contribution in [2.75, 3.05) is 12.3 Å². The minimum absolute atomic E-state index is 0.555. The number of aromatic nitrogens is 1. The lowest BCUT2D eigenvalue weighted by Gasteiger charge is -2.10. The van der Waals surface area contributed by atoms with Gasteiger partial charge in [0.2, 0.25) is 0 Å². The molecule has 0 radical (unpaired) electrons. The number of nitrogen functional groups attached to an aromatic ring is 1. The molecule has 0 aliphatic carbocycles. The third kappa shape index (κ3) is 1.64. The van der Waals surface area contributed by atoms with Gasteiger partial charge in [0.1, 0.15) is 11.6 Å². The standard InChI is InChI=1S/C14H14N2O/c1-9-7-12(14(15)16-8-9)11-4-2-3-10-5-6-17-13(10)11/h2-4,7-8H,5-6H2,1H3,(H2,15,16). The van der Waals surface area contributed by atoms with Crippen LogP contribution in [0.3, 0.4) is 0 Å². The van der Waals surface area contributed by atoms with Gasteiger partial charge in [-0.05, 0) is 24.1 Å². The zero-order chi connectivity index (χ0) is 11.8. The number of anilines is 1. The topological polar surface area (TPSA) is 48.1 Å². The molecule has 86 valence electrons. The molecule has 0 spiro atoms. The van der Waals surface area contributed by atoms with E-state index in [0.29, 0.717) is 5.82 Å². The fourth-order valence-electron chi connectivity index (χ4n) is 2.22. The van der Waals surface area contributed by atoms with E-state index in [1.54, 1.807) is 6.20 Å². The summed E-state index contributed by atoms with van der Waals surface area (Å²) in [5.74, 6) is 1.52. The van der Waals surface area contributed by atoms with E-state index < -0.39 is 0 Å². The van der Waals surface area contributed by atoms with E-state index in [2.05, 4.69) is 17.1 Å². The summed E-state index contributed by atoms with van der Waals surface area (Å²) in [5.41, 5.74) is 10.3. The number of benzene rings is 1. The van der Waals surface area contributed by atoms with Gasteiger partial charge >= 0.3 is 0 Å². The van der Waals surface area contributed by atoms with Crippen molar-refractivity contribution < 1.29 is 4.74 Å². The van der Waals surface area contributed by atoms with Crippen molar-refractivity contribution in [2.24, 2.45) is 0 Å². The second-order valence-electron chi connectivity index (χ2n) is 4.34. The molecule has 0 amide bonds. The first kappa shape index (κ1) is 10.1. The number of hydrogen-bond acceptors (Lipinski definition) is 3. The summed E-state index contributed by atoms with van der Waals surface area (Å²) in [6, 6.07) is 8.24. The Bertz CT molecular complexity index is 578. The molecular weight excluding hydrogens is 212 g/mol. The molecule has 1 aliphatic rings. The lowest BCUT2D eigenvalue weighted by Crippen LogP contribution is -1.96. The Morgan fingerprint density at radius 3 is 3.06 bits per heavy atom. The summed E-state index contributed by atoms with van der Waals surface area (Å²) in [6.45, 7) is 2.77. The first-order valence-corrected chi connectivity index (χ1v) is 5.73. The predicted octanol–water partition coefficient (Wildman–Crippen LogP) is 2.57. The van der Waals surface area contributed by atoms with Gasteiger partial charge in [-0.25, -0.2) is 4.98 Å². The summed E-state index contributed by atoms with van der Waals surface area (Å²) in [5, 5.41) is 0. The number of para-hydroxylation sites is 1. The molecule has 0 saturated heterocycles. The molecule has 1 aromatic carbocycles. The summed E-state index contributed by atoms with van der Waals surface area (Å²) < 4.78 is 5.70. The smallest absolute Gasteiger partial charge is 0.131 e. The number of ether oxygens (including phenoxy) is 1. The zero-order valence-corrected chi connectivity index (χ0v) is 9.73. The van der Waals surface area contributed by atoms with Crippen molar-refractivity contribution >= 4 is 5.82 Å². The van der Waals surface area contributed by atoms with Gasteiger partial charge in [0.25, 0.3) is 0 Å². The number of aryl methyl sites for hydroxylation is 1. The van der Waals surface area contributed by atoms with Crippen molar-refractivity contribution in [1.82, 2.24) is 4.98 Å². The Morgan fingerprint density at radius 1 is 1.29 bits per heavy atom. The molecule has 2 heterocycles. The minimum Gasteiger partial charge on any atom is -0.492 e. The van der Waals surface area contributed by atoms with Crippen LogP contribution in [-0.2, 0) is 6.42 Å². The number of fused-ring (bicyclic) bond motifs is 1. The van der Waals surface area contributed by atoms with E-state index in [4.69, 9.17) is 10.5 Å². The van der Waals surface area contributed by atoms with Crippen LogP contribution in [0.2, 0.25) is 0 Å². The normalized spacial score (nSPS) is 13.2. The Labute approximate surface area is 100 Å². The Balaban J connectivity index is 2.22. The van der Waals surface area contributed by atoms with Crippen molar-refractivity contribution in [2.45, 2.75) is 13.3 Å². The maximum atomic E-state index is 5.95. The van der Waals surface area contributed by atoms with Crippen LogP contribution in [0.4, 0.5) is 5.82 Å². The SMILES string of the molecule is Cc1cnc(N)c(-c2cccc3c2OCC3)c1. The third-order valence-electron chi connectivity index (χ3n) is 3.06. The van der Waals surface area contributed by atoms with Crippen molar-refractivity contribution in [1.29, 1.82) is 0 Å². The average Bonchev–Trinajstić information content (AvgIpc) is 2.80.